The molecule has 0 aromatic heterocycles. The number of hydrogen-bond donors (Lipinski definition) is 3. The topological polar surface area (TPSA) is 108 Å². The lowest BCUT2D eigenvalue weighted by Crippen LogP contribution is -2.37. The lowest BCUT2D eigenvalue weighted by molar-refractivity contribution is -0.136. The van der Waals surface area contributed by atoms with Crippen molar-refractivity contribution in [2.75, 3.05) is 29.9 Å². The van der Waals surface area contributed by atoms with Crippen LogP contribution in [0.1, 0.15) is 35.6 Å². The molecule has 31 heavy (non-hydrogen) atoms. The van der Waals surface area contributed by atoms with Gasteiger partial charge in [-0.15, -0.1) is 0 Å². The van der Waals surface area contributed by atoms with Gasteiger partial charge in [0.2, 0.25) is 5.91 Å². The molecule has 0 radical (unpaired) electrons. The Morgan fingerprint density at radius 2 is 2.00 bits per heavy atom. The number of nitrogens with zero attached hydrogens (tertiary/aromatic N) is 1. The summed E-state index contributed by atoms with van der Waals surface area (Å²) >= 11 is 0. The van der Waals surface area contributed by atoms with Crippen molar-refractivity contribution < 1.29 is 24.2 Å². The van der Waals surface area contributed by atoms with E-state index in [1.54, 1.807) is 35.2 Å². The van der Waals surface area contributed by atoms with Crippen LogP contribution in [-0.2, 0) is 20.8 Å². The van der Waals surface area contributed by atoms with Crippen LogP contribution in [0.5, 0.6) is 5.75 Å². The van der Waals surface area contributed by atoms with E-state index in [-0.39, 0.29) is 12.5 Å². The predicted octanol–water partition coefficient (Wildman–Crippen LogP) is 1.85. The van der Waals surface area contributed by atoms with E-state index in [0.717, 1.165) is 35.4 Å². The van der Waals surface area contributed by atoms with Crippen molar-refractivity contribution in [3.05, 3.63) is 53.1 Å². The quantitative estimate of drug-likeness (QED) is 0.636. The second-order valence-corrected chi connectivity index (χ2v) is 7.80. The first-order valence-electron chi connectivity index (χ1n) is 10.4. The molecule has 0 unspecified atom stereocenters. The Morgan fingerprint density at radius 1 is 1.16 bits per heavy atom. The Labute approximate surface area is 180 Å². The lowest BCUT2D eigenvalue weighted by atomic mass is 10.0. The van der Waals surface area contributed by atoms with Gasteiger partial charge < -0.3 is 25.4 Å². The number of benzene rings is 2. The molecule has 2 heterocycles. The number of fused-ring (bicyclic) bond motifs is 1. The molecule has 2 aromatic rings. The highest BCUT2D eigenvalue weighted by molar-refractivity contribution is 6.39. The van der Waals surface area contributed by atoms with E-state index in [1.165, 1.54) is 0 Å². The minimum Gasteiger partial charge on any atom is -0.493 e. The SMILES string of the molecule is Cc1ccc(NC(=O)C(=O)NC[C@@H](O)c2ccc3c(c2)CCO3)cc1N1CCCC1=O. The molecule has 1 saturated heterocycles. The molecule has 2 aromatic carbocycles. The number of ether oxygens (including phenoxy) is 1. The third-order valence-electron chi connectivity index (χ3n) is 5.59. The summed E-state index contributed by atoms with van der Waals surface area (Å²) < 4.78 is 5.45. The first-order chi connectivity index (χ1) is 14.9. The maximum absolute atomic E-state index is 12.3. The van der Waals surface area contributed by atoms with Gasteiger partial charge in [0.15, 0.2) is 0 Å². The second kappa shape index (κ2) is 8.77. The van der Waals surface area contributed by atoms with E-state index in [1.807, 2.05) is 13.0 Å². The molecule has 162 valence electrons. The van der Waals surface area contributed by atoms with Crippen molar-refractivity contribution in [3.63, 3.8) is 0 Å². The lowest BCUT2D eigenvalue weighted by Gasteiger charge is -2.19. The van der Waals surface area contributed by atoms with E-state index in [4.69, 9.17) is 4.74 Å². The van der Waals surface area contributed by atoms with Crippen LogP contribution in [0.15, 0.2) is 36.4 Å². The number of amides is 3. The Kier molecular flexibility index (Phi) is 5.90. The highest BCUT2D eigenvalue weighted by Crippen LogP contribution is 2.29. The van der Waals surface area contributed by atoms with E-state index in [2.05, 4.69) is 10.6 Å². The van der Waals surface area contributed by atoms with Crippen molar-refractivity contribution in [2.24, 2.45) is 0 Å². The monoisotopic (exact) mass is 423 g/mol. The van der Waals surface area contributed by atoms with Gasteiger partial charge in [-0.05, 0) is 54.3 Å². The minimum atomic E-state index is -0.935. The first kappa shape index (κ1) is 20.9. The smallest absolute Gasteiger partial charge is 0.313 e. The van der Waals surface area contributed by atoms with E-state index in [0.29, 0.717) is 30.8 Å². The second-order valence-electron chi connectivity index (χ2n) is 7.80. The average Bonchev–Trinajstić information content (AvgIpc) is 3.41. The van der Waals surface area contributed by atoms with Crippen LogP contribution in [0.25, 0.3) is 0 Å². The van der Waals surface area contributed by atoms with Crippen LogP contribution >= 0.6 is 0 Å². The van der Waals surface area contributed by atoms with Gasteiger partial charge in [-0.2, -0.15) is 0 Å². The molecule has 0 spiro atoms. The molecular weight excluding hydrogens is 398 g/mol. The summed E-state index contributed by atoms with van der Waals surface area (Å²) in [5.41, 5.74) is 3.76. The molecular formula is C23H25N3O5. The van der Waals surface area contributed by atoms with Crippen molar-refractivity contribution in [1.82, 2.24) is 5.32 Å². The number of rotatable bonds is 5. The van der Waals surface area contributed by atoms with Gasteiger partial charge in [0.1, 0.15) is 5.75 Å². The Bertz CT molecular complexity index is 1040. The summed E-state index contributed by atoms with van der Waals surface area (Å²) in [6, 6.07) is 10.6. The third-order valence-corrected chi connectivity index (χ3v) is 5.59. The summed E-state index contributed by atoms with van der Waals surface area (Å²) in [7, 11) is 0. The zero-order chi connectivity index (χ0) is 22.0. The first-order valence-corrected chi connectivity index (χ1v) is 10.4. The normalized spacial score (nSPS) is 15.9. The van der Waals surface area contributed by atoms with Crippen LogP contribution in [0.4, 0.5) is 11.4 Å². The van der Waals surface area contributed by atoms with Crippen LogP contribution < -0.4 is 20.3 Å². The van der Waals surface area contributed by atoms with E-state index >= 15 is 0 Å². The van der Waals surface area contributed by atoms with Gasteiger partial charge in [0, 0.05) is 37.3 Å². The fourth-order valence-corrected chi connectivity index (χ4v) is 3.87. The van der Waals surface area contributed by atoms with Gasteiger partial charge in [-0.1, -0.05) is 12.1 Å². The molecule has 1 fully saturated rings. The van der Waals surface area contributed by atoms with Crippen LogP contribution in [-0.4, -0.2) is 42.5 Å². The van der Waals surface area contributed by atoms with Crippen molar-refractivity contribution in [3.8, 4) is 5.75 Å². The average molecular weight is 423 g/mol. The van der Waals surface area contributed by atoms with Crippen LogP contribution in [0.3, 0.4) is 0 Å². The number of anilines is 2. The van der Waals surface area contributed by atoms with Gasteiger partial charge in [0.05, 0.1) is 12.7 Å². The molecule has 8 heteroatoms. The molecule has 8 nitrogen and oxygen atoms in total. The van der Waals surface area contributed by atoms with Crippen molar-refractivity contribution in [1.29, 1.82) is 0 Å². The number of nitrogens with one attached hydrogen (secondary N) is 2. The maximum Gasteiger partial charge on any atom is 0.313 e. The summed E-state index contributed by atoms with van der Waals surface area (Å²) in [5, 5.41) is 15.4. The Morgan fingerprint density at radius 3 is 2.77 bits per heavy atom. The number of aryl methyl sites for hydroxylation is 1. The molecule has 3 amide bonds. The zero-order valence-electron chi connectivity index (χ0n) is 17.3. The molecule has 2 aliphatic heterocycles. The van der Waals surface area contributed by atoms with Gasteiger partial charge in [0.25, 0.3) is 0 Å². The van der Waals surface area contributed by atoms with Crippen LogP contribution in [0.2, 0.25) is 0 Å². The molecule has 4 rings (SSSR count). The van der Waals surface area contributed by atoms with Gasteiger partial charge in [-0.25, -0.2) is 0 Å². The molecule has 0 bridgehead atoms. The summed E-state index contributed by atoms with van der Waals surface area (Å²) in [6.07, 6.45) is 1.16. The Balaban J connectivity index is 1.34. The minimum absolute atomic E-state index is 0.0522. The van der Waals surface area contributed by atoms with E-state index in [9.17, 15) is 19.5 Å². The fourth-order valence-electron chi connectivity index (χ4n) is 3.87. The van der Waals surface area contributed by atoms with Crippen LogP contribution in [0, 0.1) is 6.92 Å². The van der Waals surface area contributed by atoms with Gasteiger partial charge in [-0.3, -0.25) is 14.4 Å². The van der Waals surface area contributed by atoms with Crippen molar-refractivity contribution in [2.45, 2.75) is 32.3 Å². The Hall–Kier alpha value is -3.39. The van der Waals surface area contributed by atoms with Gasteiger partial charge >= 0.3 is 11.8 Å². The zero-order valence-corrected chi connectivity index (χ0v) is 17.3. The molecule has 3 N–H and O–H groups in total. The number of aliphatic hydroxyl groups is 1. The predicted molar refractivity (Wildman–Crippen MR) is 115 cm³/mol. The third kappa shape index (κ3) is 4.54. The number of hydrogen-bond acceptors (Lipinski definition) is 5. The number of aliphatic hydroxyl groups excluding tert-OH is 1. The number of carbonyl (C=O) groups is 3. The molecule has 2 aliphatic rings. The summed E-state index contributed by atoms with van der Waals surface area (Å²) in [5.74, 6) is -0.816. The standard InChI is InChI=1S/C23H25N3O5/c1-14-4-6-17(12-18(14)26-9-2-3-21(26)28)25-23(30)22(29)24-13-19(27)15-5-7-20-16(11-15)8-10-31-20/h4-7,11-12,19,27H,2-3,8-10,13H2,1H3,(H,24,29)(H,25,30)/t19-/m1/s1. The highest BCUT2D eigenvalue weighted by atomic mass is 16.5. The summed E-state index contributed by atoms with van der Waals surface area (Å²) in [4.78, 5) is 38.2. The molecule has 0 saturated carbocycles. The van der Waals surface area contributed by atoms with Crippen molar-refractivity contribution >= 4 is 29.1 Å². The molecule has 0 aliphatic carbocycles. The maximum atomic E-state index is 12.3. The van der Waals surface area contributed by atoms with E-state index < -0.39 is 17.9 Å². The molecule has 1 atom stereocenters. The summed E-state index contributed by atoms with van der Waals surface area (Å²) in [6.45, 7) is 3.07. The largest absolute Gasteiger partial charge is 0.493 e. The fraction of sp³-hybridized carbons (Fsp3) is 0.348. The highest BCUT2D eigenvalue weighted by Gasteiger charge is 2.24. The number of carbonyl (C=O) groups excluding carboxylic acids is 3.